The van der Waals surface area contributed by atoms with Gasteiger partial charge in [-0.25, -0.2) is 0 Å². The molecule has 4 nitrogen and oxygen atoms in total. The van der Waals surface area contributed by atoms with Gasteiger partial charge in [0.25, 0.3) is 11.8 Å². The maximum atomic E-state index is 13.4. The average Bonchev–Trinajstić information content (AvgIpc) is 2.77. The first-order chi connectivity index (χ1) is 14.0. The number of piperidine rings is 1. The van der Waals surface area contributed by atoms with E-state index in [2.05, 4.69) is 13.0 Å². The number of carbonyl (C=O) groups excluding carboxylic acids is 2. The topological polar surface area (TPSA) is 40.6 Å². The van der Waals surface area contributed by atoms with Gasteiger partial charge >= 0.3 is 0 Å². The average molecular weight is 411 g/mol. The zero-order chi connectivity index (χ0) is 20.8. The molecule has 5 heteroatoms. The van der Waals surface area contributed by atoms with Crippen molar-refractivity contribution in [3.05, 3.63) is 65.2 Å². The second-order valence-corrected chi connectivity index (χ2v) is 8.45. The van der Waals surface area contributed by atoms with Crippen molar-refractivity contribution < 1.29 is 9.59 Å². The lowest BCUT2D eigenvalue weighted by Crippen LogP contribution is -2.49. The molecule has 0 spiro atoms. The van der Waals surface area contributed by atoms with Crippen LogP contribution in [0.3, 0.4) is 0 Å². The van der Waals surface area contributed by atoms with Gasteiger partial charge in [0.1, 0.15) is 0 Å². The number of amides is 2. The molecule has 0 saturated carbocycles. The van der Waals surface area contributed by atoms with Gasteiger partial charge in [-0.15, -0.1) is 11.8 Å². The zero-order valence-electron chi connectivity index (χ0n) is 17.6. The minimum Gasteiger partial charge on any atom is -0.338 e. The fourth-order valence-corrected chi connectivity index (χ4v) is 4.39. The van der Waals surface area contributed by atoms with Gasteiger partial charge in [0.15, 0.2) is 0 Å². The molecule has 0 aromatic heterocycles. The van der Waals surface area contributed by atoms with E-state index < -0.39 is 0 Å². The molecule has 0 bridgehead atoms. The van der Waals surface area contributed by atoms with Crippen molar-refractivity contribution in [2.75, 3.05) is 25.9 Å². The fraction of sp³-hybridized carbons (Fsp3) is 0.417. The lowest BCUT2D eigenvalue weighted by atomic mass is 9.99. The van der Waals surface area contributed by atoms with Crippen molar-refractivity contribution in [3.63, 3.8) is 0 Å². The third-order valence-electron chi connectivity index (χ3n) is 5.61. The highest BCUT2D eigenvalue weighted by Gasteiger charge is 2.30. The van der Waals surface area contributed by atoms with Crippen molar-refractivity contribution in [2.24, 2.45) is 0 Å². The number of likely N-dealkylation sites (tertiary alicyclic amines) is 1. The molecule has 154 valence electrons. The van der Waals surface area contributed by atoms with E-state index in [1.54, 1.807) is 11.8 Å². The molecule has 0 unspecified atom stereocenters. The van der Waals surface area contributed by atoms with Gasteiger partial charge in [-0.1, -0.05) is 31.2 Å². The van der Waals surface area contributed by atoms with Crippen LogP contribution in [0.4, 0.5) is 0 Å². The van der Waals surface area contributed by atoms with Crippen LogP contribution in [0.25, 0.3) is 0 Å². The minimum atomic E-state index is 0.0842. The summed E-state index contributed by atoms with van der Waals surface area (Å²) < 4.78 is 0. The number of hydrogen-bond acceptors (Lipinski definition) is 3. The molecule has 0 atom stereocenters. The lowest BCUT2D eigenvalue weighted by Gasteiger charge is -2.39. The van der Waals surface area contributed by atoms with E-state index in [-0.39, 0.29) is 17.9 Å². The molecule has 3 rings (SSSR count). The van der Waals surface area contributed by atoms with Gasteiger partial charge in [-0.2, -0.15) is 0 Å². The van der Waals surface area contributed by atoms with Crippen LogP contribution >= 0.6 is 11.8 Å². The number of rotatable bonds is 6. The molecule has 0 radical (unpaired) electrons. The normalized spacial score (nSPS) is 14.7. The Hall–Kier alpha value is -2.27. The van der Waals surface area contributed by atoms with Crippen molar-refractivity contribution >= 4 is 23.6 Å². The van der Waals surface area contributed by atoms with E-state index in [9.17, 15) is 9.59 Å². The van der Waals surface area contributed by atoms with Gasteiger partial charge in [-0.3, -0.25) is 9.59 Å². The van der Waals surface area contributed by atoms with Crippen molar-refractivity contribution in [1.29, 1.82) is 0 Å². The number of carbonyl (C=O) groups is 2. The predicted molar refractivity (Wildman–Crippen MR) is 120 cm³/mol. The third-order valence-corrected chi connectivity index (χ3v) is 6.34. The van der Waals surface area contributed by atoms with Crippen LogP contribution in [-0.4, -0.2) is 53.5 Å². The van der Waals surface area contributed by atoms with Crippen molar-refractivity contribution in [2.45, 2.75) is 44.0 Å². The van der Waals surface area contributed by atoms with E-state index in [1.165, 1.54) is 0 Å². The summed E-state index contributed by atoms with van der Waals surface area (Å²) in [6, 6.07) is 15.7. The molecule has 2 aromatic rings. The van der Waals surface area contributed by atoms with Crippen LogP contribution in [0.1, 0.15) is 52.5 Å². The van der Waals surface area contributed by atoms with E-state index in [0.29, 0.717) is 13.1 Å². The summed E-state index contributed by atoms with van der Waals surface area (Å²) in [4.78, 5) is 31.2. The molecule has 1 aliphatic heterocycles. The Morgan fingerprint density at radius 3 is 2.41 bits per heavy atom. The number of benzene rings is 2. The monoisotopic (exact) mass is 410 g/mol. The Morgan fingerprint density at radius 1 is 1.10 bits per heavy atom. The molecule has 0 aliphatic carbocycles. The van der Waals surface area contributed by atoms with Crippen LogP contribution in [0.2, 0.25) is 0 Å². The second kappa shape index (κ2) is 9.97. The van der Waals surface area contributed by atoms with Crippen molar-refractivity contribution in [1.82, 2.24) is 9.80 Å². The van der Waals surface area contributed by atoms with E-state index in [4.69, 9.17) is 0 Å². The highest BCUT2D eigenvalue weighted by molar-refractivity contribution is 7.98. The largest absolute Gasteiger partial charge is 0.338 e. The zero-order valence-corrected chi connectivity index (χ0v) is 18.4. The molecular formula is C24H30N2O2S. The Morgan fingerprint density at radius 2 is 1.79 bits per heavy atom. The summed E-state index contributed by atoms with van der Waals surface area (Å²) in [7, 11) is 0. The molecule has 1 saturated heterocycles. The highest BCUT2D eigenvalue weighted by atomic mass is 32.2. The standard InChI is InChI=1S/C24H30N2O2S/c1-4-14-26(24(28)22-17-21(29-3)11-10-18(22)2)20-12-15-25(16-13-20)23(27)19-8-6-5-7-9-19/h5-11,17,20H,4,12-16H2,1-3H3. The molecule has 29 heavy (non-hydrogen) atoms. The molecule has 2 amide bonds. The van der Waals surface area contributed by atoms with Crippen LogP contribution in [0.5, 0.6) is 0 Å². The number of thioether (sulfide) groups is 1. The smallest absolute Gasteiger partial charge is 0.254 e. The minimum absolute atomic E-state index is 0.0842. The van der Waals surface area contributed by atoms with E-state index in [0.717, 1.165) is 47.4 Å². The van der Waals surface area contributed by atoms with E-state index >= 15 is 0 Å². The third kappa shape index (κ3) is 5.02. The first-order valence-corrected chi connectivity index (χ1v) is 11.6. The molecule has 1 aliphatic rings. The summed E-state index contributed by atoms with van der Waals surface area (Å²) in [5.74, 6) is 0.203. The first kappa shape index (κ1) is 21.4. The second-order valence-electron chi connectivity index (χ2n) is 7.57. The van der Waals surface area contributed by atoms with Gasteiger partial charge in [0, 0.05) is 41.7 Å². The molecular weight excluding hydrogens is 380 g/mol. The Balaban J connectivity index is 1.71. The Kier molecular flexibility index (Phi) is 7.37. The van der Waals surface area contributed by atoms with Gasteiger partial charge in [0.2, 0.25) is 0 Å². The molecule has 1 heterocycles. The highest BCUT2D eigenvalue weighted by Crippen LogP contribution is 2.24. The Labute approximate surface area is 178 Å². The lowest BCUT2D eigenvalue weighted by molar-refractivity contribution is 0.0518. The van der Waals surface area contributed by atoms with Gasteiger partial charge < -0.3 is 9.80 Å². The summed E-state index contributed by atoms with van der Waals surface area (Å²) in [6.45, 7) is 6.24. The van der Waals surface area contributed by atoms with Crippen molar-refractivity contribution in [3.8, 4) is 0 Å². The summed E-state index contributed by atoms with van der Waals surface area (Å²) in [6.07, 6.45) is 4.61. The Bertz CT molecular complexity index is 845. The molecule has 0 N–H and O–H groups in total. The molecule has 1 fully saturated rings. The van der Waals surface area contributed by atoms with Crippen LogP contribution in [-0.2, 0) is 0 Å². The number of hydrogen-bond donors (Lipinski definition) is 0. The summed E-state index contributed by atoms with van der Waals surface area (Å²) >= 11 is 1.66. The number of aryl methyl sites for hydroxylation is 1. The first-order valence-electron chi connectivity index (χ1n) is 10.3. The van der Waals surface area contributed by atoms with Crippen LogP contribution in [0.15, 0.2) is 53.4 Å². The predicted octanol–water partition coefficient (Wildman–Crippen LogP) is 4.87. The maximum absolute atomic E-state index is 13.4. The van der Waals surface area contributed by atoms with Gasteiger partial charge in [-0.05, 0) is 62.3 Å². The quantitative estimate of drug-likeness (QED) is 0.638. The fourth-order valence-electron chi connectivity index (χ4n) is 3.95. The number of nitrogens with zero attached hydrogens (tertiary/aromatic N) is 2. The van der Waals surface area contributed by atoms with E-state index in [1.807, 2.05) is 65.4 Å². The van der Waals surface area contributed by atoms with Crippen LogP contribution in [0, 0.1) is 6.92 Å². The molecule has 2 aromatic carbocycles. The summed E-state index contributed by atoms with van der Waals surface area (Å²) in [5, 5.41) is 0. The maximum Gasteiger partial charge on any atom is 0.254 e. The summed E-state index contributed by atoms with van der Waals surface area (Å²) in [5.41, 5.74) is 2.55. The van der Waals surface area contributed by atoms with Crippen LogP contribution < -0.4 is 0 Å². The van der Waals surface area contributed by atoms with Gasteiger partial charge in [0.05, 0.1) is 0 Å². The SMILES string of the molecule is CCCN(C(=O)c1cc(SC)ccc1C)C1CCN(C(=O)c2ccccc2)CC1.